The van der Waals surface area contributed by atoms with Crippen LogP contribution in [0.5, 0.6) is 0 Å². The highest BCUT2D eigenvalue weighted by atomic mass is 19.2. The normalized spacial score (nSPS) is 36.8. The van der Waals surface area contributed by atoms with Crippen LogP contribution in [0, 0.1) is 23.7 Å². The molecule has 4 amide bonds. The monoisotopic (exact) mass is 690 g/mol. The summed E-state index contributed by atoms with van der Waals surface area (Å²) in [6.45, 7) is -3.53. The summed E-state index contributed by atoms with van der Waals surface area (Å²) >= 11 is 0. The number of hydrogen-bond donors (Lipinski definition) is 4. The van der Waals surface area contributed by atoms with Gasteiger partial charge in [0.25, 0.3) is 23.6 Å². The number of nitrogens with zero attached hydrogens (tertiary/aromatic N) is 2. The van der Waals surface area contributed by atoms with Crippen molar-refractivity contribution in [1.29, 1.82) is 0 Å². The average molecular weight is 691 g/mol. The predicted octanol–water partition coefficient (Wildman–Crippen LogP) is 2.31. The van der Waals surface area contributed by atoms with E-state index in [1.807, 2.05) is 0 Å². The lowest BCUT2D eigenvalue weighted by atomic mass is 9.76. The summed E-state index contributed by atoms with van der Waals surface area (Å²) < 4.78 is 120. The highest BCUT2D eigenvalue weighted by Crippen LogP contribution is 2.39. The van der Waals surface area contributed by atoms with Gasteiger partial charge in [-0.3, -0.25) is 19.2 Å². The quantitative estimate of drug-likeness (QED) is 0.313. The summed E-state index contributed by atoms with van der Waals surface area (Å²) in [4.78, 5) is 58.3. The zero-order valence-corrected chi connectivity index (χ0v) is 24.8. The van der Waals surface area contributed by atoms with Gasteiger partial charge < -0.3 is 21.3 Å². The van der Waals surface area contributed by atoms with Crippen LogP contribution >= 0.6 is 0 Å². The Morgan fingerprint density at radius 3 is 0.771 bits per heavy atom. The Morgan fingerprint density at radius 1 is 0.396 bits per heavy atom. The summed E-state index contributed by atoms with van der Waals surface area (Å²) in [5.74, 6) is -12.3. The number of nitrogens with one attached hydrogen (secondary N) is 4. The fourth-order valence-electron chi connectivity index (χ4n) is 6.07. The highest BCUT2D eigenvalue weighted by molar-refractivity contribution is 5.97. The van der Waals surface area contributed by atoms with Crippen LogP contribution in [0.25, 0.3) is 0 Å². The van der Waals surface area contributed by atoms with Crippen LogP contribution in [0.3, 0.4) is 0 Å². The minimum absolute atomic E-state index is 0.473. The second kappa shape index (κ2) is 14.4. The molecule has 18 heteroatoms. The molecule has 2 aromatic heterocycles. The lowest BCUT2D eigenvalue weighted by molar-refractivity contribution is -0.0752. The van der Waals surface area contributed by atoms with Gasteiger partial charge in [0.2, 0.25) is 0 Å². The molecule has 260 valence electrons. The van der Waals surface area contributed by atoms with E-state index in [0.29, 0.717) is 0 Å². The van der Waals surface area contributed by atoms with Gasteiger partial charge in [-0.15, -0.1) is 0 Å². The van der Waals surface area contributed by atoms with Gasteiger partial charge >= 0.3 is 0 Å². The predicted molar refractivity (Wildman–Crippen MR) is 151 cm³/mol. The molecule has 12 atom stereocenters. The fraction of sp³-hybridized carbons (Fsp3) is 0.533. The maximum Gasteiger partial charge on any atom is 0.269 e. The number of aromatic nitrogens is 2. The first kappa shape index (κ1) is 34.9. The van der Waals surface area contributed by atoms with E-state index in [4.69, 9.17) is 0 Å². The van der Waals surface area contributed by atoms with Gasteiger partial charge in [-0.25, -0.2) is 45.1 Å². The van der Waals surface area contributed by atoms with Gasteiger partial charge in [0.1, 0.15) is 72.1 Å². The molecule has 0 aromatic carbocycles. The number of rotatable bonds is 0. The number of pyridine rings is 2. The maximum atomic E-state index is 15.0. The van der Waals surface area contributed by atoms with E-state index in [0.717, 1.165) is 24.3 Å². The second-order valence-corrected chi connectivity index (χ2v) is 11.9. The van der Waals surface area contributed by atoms with Crippen molar-refractivity contribution in [2.45, 2.75) is 49.4 Å². The first-order valence-electron chi connectivity index (χ1n) is 15.0. The van der Waals surface area contributed by atoms with Gasteiger partial charge in [0.15, 0.2) is 0 Å². The van der Waals surface area contributed by atoms with Crippen LogP contribution in [-0.4, -0.2) is 109 Å². The van der Waals surface area contributed by atoms with E-state index in [-0.39, 0.29) is 0 Å². The Kier molecular flexibility index (Phi) is 10.5. The van der Waals surface area contributed by atoms with Gasteiger partial charge in [-0.1, -0.05) is 12.1 Å². The van der Waals surface area contributed by atoms with Gasteiger partial charge in [-0.05, 0) is 24.3 Å². The van der Waals surface area contributed by atoms with E-state index in [1.165, 1.54) is 12.1 Å². The largest absolute Gasteiger partial charge is 0.350 e. The fourth-order valence-corrected chi connectivity index (χ4v) is 6.07. The highest BCUT2D eigenvalue weighted by Gasteiger charge is 2.54. The first-order valence-corrected chi connectivity index (χ1v) is 15.0. The Balaban J connectivity index is 1.41. The zero-order chi connectivity index (χ0) is 34.9. The molecule has 48 heavy (non-hydrogen) atoms. The molecule has 2 saturated carbocycles. The van der Waals surface area contributed by atoms with Crippen molar-refractivity contribution < 1.29 is 54.3 Å². The number of carbonyl (C=O) groups is 4. The van der Waals surface area contributed by atoms with Crippen molar-refractivity contribution in [3.63, 3.8) is 0 Å². The lowest BCUT2D eigenvalue weighted by Gasteiger charge is -2.39. The third-order valence-corrected chi connectivity index (χ3v) is 8.91. The average Bonchev–Trinajstić information content (AvgIpc) is 3.09. The van der Waals surface area contributed by atoms with E-state index in [9.17, 15) is 19.2 Å². The van der Waals surface area contributed by atoms with E-state index < -0.39 is 146 Å². The van der Waals surface area contributed by atoms with E-state index in [1.54, 1.807) is 0 Å². The maximum absolute atomic E-state index is 15.0. The van der Waals surface area contributed by atoms with Crippen LogP contribution in [0.2, 0.25) is 0 Å². The van der Waals surface area contributed by atoms with E-state index >= 15 is 35.1 Å². The molecule has 2 fully saturated rings. The summed E-state index contributed by atoms with van der Waals surface area (Å²) in [5, 5.41) is 8.45. The zero-order valence-electron chi connectivity index (χ0n) is 24.8. The summed E-state index contributed by atoms with van der Waals surface area (Å²) in [7, 11) is 0. The van der Waals surface area contributed by atoms with Crippen LogP contribution in [0.4, 0.5) is 35.1 Å². The molecule has 8 rings (SSSR count). The molecular weight excluding hydrogens is 660 g/mol. The van der Waals surface area contributed by atoms with Crippen molar-refractivity contribution in [1.82, 2.24) is 31.2 Å². The van der Waals surface area contributed by atoms with Crippen LogP contribution in [0.15, 0.2) is 36.4 Å². The number of hydrogen-bond acceptors (Lipinski definition) is 6. The summed E-state index contributed by atoms with van der Waals surface area (Å²) in [6, 6.07) is 6.73. The molecule has 0 spiro atoms. The molecule has 2 aliphatic carbocycles. The number of carbonyl (C=O) groups excluding carboxylic acids is 4. The summed E-state index contributed by atoms with van der Waals surface area (Å²) in [6.07, 6.45) is -20.9. The molecule has 10 nitrogen and oxygen atoms in total. The smallest absolute Gasteiger partial charge is 0.269 e. The van der Waals surface area contributed by atoms with Crippen molar-refractivity contribution in [2.75, 3.05) is 26.2 Å². The molecule has 4 aliphatic heterocycles. The van der Waals surface area contributed by atoms with E-state index in [2.05, 4.69) is 31.2 Å². The molecule has 0 radical (unpaired) electrons. The third kappa shape index (κ3) is 6.92. The standard InChI is InChI=1S/C30H30F8N6O4/c31-19-11-7-39-27(45)15-3-1-4-16(43-15)28(46)40-8-12-21(33)25(37)14(26(38)22(12)34)10-42-30(48)18-6-2-5-17(44-18)29(47)41-9-13(23(19)35)24(36)20(11)32/h1-6,11-14,19-26H,7-10H2,(H,39,45)(H,40,46)(H,41,47)(H,42,48)/t11?,12?,13?,14?,19-,20+,21-,22+,23+,24-,25+,26-. The molecule has 2 aromatic rings. The van der Waals surface area contributed by atoms with Crippen molar-refractivity contribution >= 4 is 23.6 Å². The Morgan fingerprint density at radius 2 is 0.583 bits per heavy atom. The van der Waals surface area contributed by atoms with Crippen molar-refractivity contribution in [3.8, 4) is 0 Å². The third-order valence-electron chi connectivity index (χ3n) is 8.91. The first-order chi connectivity index (χ1) is 22.8. The Hall–Kier alpha value is -4.38. The van der Waals surface area contributed by atoms with Crippen LogP contribution in [0.1, 0.15) is 42.0 Å². The Labute approximate surface area is 267 Å². The second-order valence-electron chi connectivity index (χ2n) is 11.9. The van der Waals surface area contributed by atoms with Crippen LogP contribution in [-0.2, 0) is 0 Å². The minimum atomic E-state index is -2.61. The van der Waals surface area contributed by atoms with Crippen LogP contribution < -0.4 is 21.3 Å². The number of alkyl halides is 8. The molecule has 6 heterocycles. The molecule has 4 N–H and O–H groups in total. The topological polar surface area (TPSA) is 142 Å². The minimum Gasteiger partial charge on any atom is -0.350 e. The lowest BCUT2D eigenvalue weighted by Crippen LogP contribution is -2.57. The van der Waals surface area contributed by atoms with Gasteiger partial charge in [-0.2, -0.15) is 0 Å². The number of amides is 4. The summed E-state index contributed by atoms with van der Waals surface area (Å²) in [5.41, 5.74) is -1.89. The molecular formula is C30H30F8N6O4. The van der Waals surface area contributed by atoms with Gasteiger partial charge in [0, 0.05) is 49.9 Å². The molecule has 6 aliphatic rings. The molecule has 4 unspecified atom stereocenters. The van der Waals surface area contributed by atoms with Crippen molar-refractivity contribution in [3.05, 3.63) is 59.2 Å². The molecule has 8 bridgehead atoms. The van der Waals surface area contributed by atoms with Gasteiger partial charge in [0.05, 0.1) is 0 Å². The SMILES string of the molecule is O=C1NCC2[C@@H](F)[C@@H](F)C(CNC(=O)c3cccc(n3)C(=O)NCC3[C@@H](F)[C@@H](F)C(CNC(=O)c4cccc1n4)[C@@H](F)[C@H]3F)[C@@H](F)[C@H]2F. The van der Waals surface area contributed by atoms with Crippen molar-refractivity contribution in [2.24, 2.45) is 23.7 Å². The molecule has 0 saturated heterocycles. The number of halogens is 8. The Bertz CT molecular complexity index is 1300.